The third-order valence-corrected chi connectivity index (χ3v) is 4.83. The summed E-state index contributed by atoms with van der Waals surface area (Å²) in [5.74, 6) is 0.324. The first-order valence-electron chi connectivity index (χ1n) is 9.33. The van der Waals surface area contributed by atoms with Gasteiger partial charge in [0.15, 0.2) is 11.6 Å². The normalized spacial score (nSPS) is 13.4. The van der Waals surface area contributed by atoms with Gasteiger partial charge in [-0.1, -0.05) is 18.5 Å². The van der Waals surface area contributed by atoms with Crippen LogP contribution in [0.2, 0.25) is 0 Å². The molecule has 0 aliphatic carbocycles. The number of benzene rings is 1. The van der Waals surface area contributed by atoms with E-state index >= 15 is 0 Å². The van der Waals surface area contributed by atoms with Crippen molar-refractivity contribution >= 4 is 17.2 Å². The lowest BCUT2D eigenvalue weighted by atomic mass is 10.1. The maximum atomic E-state index is 13.2. The summed E-state index contributed by atoms with van der Waals surface area (Å²) >= 11 is 5.90. The maximum absolute atomic E-state index is 13.2. The molecule has 9 heteroatoms. The van der Waals surface area contributed by atoms with Crippen LogP contribution in [-0.2, 0) is 4.74 Å². The minimum absolute atomic E-state index is 0.0611. The van der Waals surface area contributed by atoms with Crippen LogP contribution in [0, 0.1) is 12.7 Å². The topological polar surface area (TPSA) is 51.0 Å². The second-order valence-corrected chi connectivity index (χ2v) is 7.18. The van der Waals surface area contributed by atoms with E-state index in [2.05, 4.69) is 14.7 Å². The standard InChI is InChI=1S/C22H19ClF4N2O2/c1-4-16(23)19(31-22(25,26)27)11-12(2)17-9-10-18(30-17)21-28-13(3)20(29-21)14-5-7-15(24)8-6-14/h5-11H,4H2,1-3H3,(H,28,29)/b12-11+,19-16-. The van der Waals surface area contributed by atoms with Crippen molar-refractivity contribution in [2.75, 3.05) is 0 Å². The van der Waals surface area contributed by atoms with Crippen molar-refractivity contribution in [1.82, 2.24) is 9.97 Å². The Morgan fingerprint density at radius 3 is 2.48 bits per heavy atom. The van der Waals surface area contributed by atoms with Gasteiger partial charge in [0, 0.05) is 11.3 Å². The fourth-order valence-corrected chi connectivity index (χ4v) is 2.97. The molecule has 2 aromatic heterocycles. The van der Waals surface area contributed by atoms with Gasteiger partial charge in [-0.05, 0) is 68.3 Å². The van der Waals surface area contributed by atoms with Crippen molar-refractivity contribution < 1.29 is 26.7 Å². The van der Waals surface area contributed by atoms with E-state index in [1.165, 1.54) is 18.2 Å². The molecule has 0 atom stereocenters. The zero-order valence-electron chi connectivity index (χ0n) is 16.9. The minimum atomic E-state index is -4.86. The highest BCUT2D eigenvalue weighted by molar-refractivity contribution is 6.30. The summed E-state index contributed by atoms with van der Waals surface area (Å²) in [5.41, 5.74) is 2.51. The summed E-state index contributed by atoms with van der Waals surface area (Å²) in [4.78, 5) is 7.61. The molecule has 0 aliphatic heterocycles. The Morgan fingerprint density at radius 1 is 1.19 bits per heavy atom. The SMILES string of the molecule is CC/C(Cl)=C(\C=C(/C)c1ccc(-c2nc(-c3ccc(F)cc3)c(C)[nH]2)o1)OC(F)(F)F. The molecule has 164 valence electrons. The first-order chi connectivity index (χ1) is 14.6. The molecule has 0 radical (unpaired) electrons. The summed E-state index contributed by atoms with van der Waals surface area (Å²) in [6.07, 6.45) is -3.50. The highest BCUT2D eigenvalue weighted by atomic mass is 35.5. The molecule has 3 rings (SSSR count). The van der Waals surface area contributed by atoms with E-state index in [-0.39, 0.29) is 17.3 Å². The molecule has 0 fully saturated rings. The van der Waals surface area contributed by atoms with E-state index in [1.54, 1.807) is 38.1 Å². The predicted molar refractivity (Wildman–Crippen MR) is 110 cm³/mol. The molecule has 0 spiro atoms. The number of aromatic amines is 1. The van der Waals surface area contributed by atoms with Gasteiger partial charge < -0.3 is 14.1 Å². The summed E-state index contributed by atoms with van der Waals surface area (Å²) in [7, 11) is 0. The fourth-order valence-electron chi connectivity index (χ4n) is 2.87. The first-order valence-corrected chi connectivity index (χ1v) is 9.71. The van der Waals surface area contributed by atoms with Crippen LogP contribution >= 0.6 is 11.6 Å². The lowest BCUT2D eigenvalue weighted by Gasteiger charge is -2.12. The smallest absolute Gasteiger partial charge is 0.453 e. The lowest BCUT2D eigenvalue weighted by Crippen LogP contribution is -2.13. The number of aryl methyl sites for hydroxylation is 1. The Labute approximate surface area is 181 Å². The lowest BCUT2D eigenvalue weighted by molar-refractivity contribution is -0.303. The summed E-state index contributed by atoms with van der Waals surface area (Å²) in [6.45, 7) is 5.02. The monoisotopic (exact) mass is 454 g/mol. The number of allylic oxidation sites excluding steroid dienone is 3. The minimum Gasteiger partial charge on any atom is -0.453 e. The van der Waals surface area contributed by atoms with Crippen molar-refractivity contribution in [1.29, 1.82) is 0 Å². The van der Waals surface area contributed by atoms with Gasteiger partial charge in [-0.2, -0.15) is 0 Å². The van der Waals surface area contributed by atoms with Crippen LogP contribution in [-0.4, -0.2) is 16.3 Å². The first kappa shape index (κ1) is 22.7. The molecular weight excluding hydrogens is 436 g/mol. The highest BCUT2D eigenvalue weighted by Crippen LogP contribution is 2.31. The molecule has 1 aromatic carbocycles. The van der Waals surface area contributed by atoms with E-state index in [1.807, 2.05) is 6.92 Å². The maximum Gasteiger partial charge on any atom is 0.573 e. The second-order valence-electron chi connectivity index (χ2n) is 6.73. The molecule has 3 aromatic rings. The highest BCUT2D eigenvalue weighted by Gasteiger charge is 2.32. The molecule has 2 heterocycles. The van der Waals surface area contributed by atoms with Gasteiger partial charge in [-0.3, -0.25) is 0 Å². The summed E-state index contributed by atoms with van der Waals surface area (Å²) in [5, 5.41) is -0.0611. The Bertz CT molecular complexity index is 1130. The quantitative estimate of drug-likeness (QED) is 0.237. The number of rotatable bonds is 6. The Kier molecular flexibility index (Phi) is 6.59. The molecule has 0 saturated heterocycles. The van der Waals surface area contributed by atoms with Crippen molar-refractivity contribution in [3.8, 4) is 22.8 Å². The van der Waals surface area contributed by atoms with Crippen LogP contribution < -0.4 is 0 Å². The molecule has 0 amide bonds. The number of hydrogen-bond acceptors (Lipinski definition) is 3. The van der Waals surface area contributed by atoms with Crippen LogP contribution in [0.15, 0.2) is 57.7 Å². The second kappa shape index (κ2) is 9.01. The van der Waals surface area contributed by atoms with E-state index in [9.17, 15) is 17.6 Å². The number of hydrogen-bond donors (Lipinski definition) is 1. The third-order valence-electron chi connectivity index (χ3n) is 4.38. The van der Waals surface area contributed by atoms with E-state index < -0.39 is 12.1 Å². The number of nitrogens with one attached hydrogen (secondary N) is 1. The number of halogens is 5. The third kappa shape index (κ3) is 5.58. The van der Waals surface area contributed by atoms with Gasteiger partial charge in [-0.15, -0.1) is 13.2 Å². The number of nitrogens with zero attached hydrogens (tertiary/aromatic N) is 1. The van der Waals surface area contributed by atoms with Gasteiger partial charge in [0.25, 0.3) is 0 Å². The van der Waals surface area contributed by atoms with Crippen LogP contribution in [0.1, 0.15) is 31.7 Å². The Hall–Kier alpha value is -3.00. The van der Waals surface area contributed by atoms with Gasteiger partial charge >= 0.3 is 6.36 Å². The van der Waals surface area contributed by atoms with E-state index in [0.29, 0.717) is 28.6 Å². The molecule has 0 bridgehead atoms. The molecule has 1 N–H and O–H groups in total. The van der Waals surface area contributed by atoms with Crippen LogP contribution in [0.3, 0.4) is 0 Å². The molecule has 31 heavy (non-hydrogen) atoms. The molecule has 0 aliphatic rings. The zero-order valence-corrected chi connectivity index (χ0v) is 17.7. The van der Waals surface area contributed by atoms with Crippen LogP contribution in [0.5, 0.6) is 0 Å². The van der Waals surface area contributed by atoms with Crippen LogP contribution in [0.25, 0.3) is 28.4 Å². The number of furan rings is 1. The van der Waals surface area contributed by atoms with Crippen molar-refractivity contribution in [2.45, 2.75) is 33.6 Å². The Balaban J connectivity index is 1.90. The molecule has 4 nitrogen and oxygen atoms in total. The summed E-state index contributed by atoms with van der Waals surface area (Å²) in [6, 6.07) is 9.19. The molecular formula is C22H19ClF4N2O2. The van der Waals surface area contributed by atoms with E-state index in [0.717, 1.165) is 11.3 Å². The van der Waals surface area contributed by atoms with Crippen LogP contribution in [0.4, 0.5) is 17.6 Å². The average Bonchev–Trinajstić information content (AvgIpc) is 3.33. The van der Waals surface area contributed by atoms with Gasteiger partial charge in [0.1, 0.15) is 17.3 Å². The van der Waals surface area contributed by atoms with Gasteiger partial charge in [-0.25, -0.2) is 9.37 Å². The van der Waals surface area contributed by atoms with Crippen molar-refractivity contribution in [3.63, 3.8) is 0 Å². The number of ether oxygens (including phenoxy) is 1. The number of aromatic nitrogens is 2. The largest absolute Gasteiger partial charge is 0.573 e. The summed E-state index contributed by atoms with van der Waals surface area (Å²) < 4.78 is 61.0. The number of imidazole rings is 1. The zero-order chi connectivity index (χ0) is 22.8. The van der Waals surface area contributed by atoms with E-state index in [4.69, 9.17) is 16.0 Å². The fraction of sp³-hybridized carbons (Fsp3) is 0.227. The average molecular weight is 455 g/mol. The van der Waals surface area contributed by atoms with Crippen molar-refractivity contribution in [3.05, 3.63) is 70.5 Å². The number of alkyl halides is 3. The molecule has 0 unspecified atom stereocenters. The van der Waals surface area contributed by atoms with Gasteiger partial charge in [0.05, 0.1) is 10.7 Å². The Morgan fingerprint density at radius 2 is 1.87 bits per heavy atom. The van der Waals surface area contributed by atoms with Gasteiger partial charge in [0.2, 0.25) is 0 Å². The molecule has 0 saturated carbocycles. The number of H-pyrrole nitrogens is 1. The predicted octanol–water partition coefficient (Wildman–Crippen LogP) is 7.58. The van der Waals surface area contributed by atoms with Crippen molar-refractivity contribution in [2.24, 2.45) is 0 Å².